The van der Waals surface area contributed by atoms with Crippen LogP contribution in [0.1, 0.15) is 45.3 Å². The van der Waals surface area contributed by atoms with Crippen molar-refractivity contribution < 1.29 is 37.2 Å². The van der Waals surface area contributed by atoms with Crippen molar-refractivity contribution in [2.75, 3.05) is 25.6 Å². The summed E-state index contributed by atoms with van der Waals surface area (Å²) in [5, 5.41) is 12.1. The van der Waals surface area contributed by atoms with Gasteiger partial charge >= 0.3 is 11.7 Å². The number of halogens is 2. The minimum atomic E-state index is -3.13. The number of nitrogen functional groups attached to an aromatic ring is 1. The first kappa shape index (κ1) is 26.3. The summed E-state index contributed by atoms with van der Waals surface area (Å²) in [4.78, 5) is 27.1. The molecule has 1 aromatic heterocycles. The largest absolute Gasteiger partial charge is 0.461 e. The van der Waals surface area contributed by atoms with Gasteiger partial charge in [0.05, 0.1) is 0 Å². The van der Waals surface area contributed by atoms with Gasteiger partial charge in [-0.1, -0.05) is 6.42 Å². The molecule has 4 atom stereocenters. The SMILES string of the molecule is C[C@H](O)[C@@](F)(CO[PH](=O)NCC(=O)OC1CCCCC1)O[C@H](CF)n1ccc(N)nc1=O. The molecule has 1 unspecified atom stereocenters. The molecule has 0 radical (unpaired) electrons. The molecule has 1 heterocycles. The first-order valence-corrected chi connectivity index (χ1v) is 11.5. The molecule has 0 spiro atoms. The maximum Gasteiger partial charge on any atom is 0.351 e. The van der Waals surface area contributed by atoms with Crippen LogP contribution >= 0.6 is 8.18 Å². The lowest BCUT2D eigenvalue weighted by molar-refractivity contribution is -0.260. The number of nitrogens with one attached hydrogen (secondary N) is 1. The predicted molar refractivity (Wildman–Crippen MR) is 110 cm³/mol. The Balaban J connectivity index is 1.89. The van der Waals surface area contributed by atoms with E-state index in [1.807, 2.05) is 0 Å². The summed E-state index contributed by atoms with van der Waals surface area (Å²) in [6.07, 6.45) is 1.83. The highest BCUT2D eigenvalue weighted by molar-refractivity contribution is 7.36. The second kappa shape index (κ2) is 12.4. The van der Waals surface area contributed by atoms with Crippen LogP contribution in [-0.4, -0.2) is 58.5 Å². The van der Waals surface area contributed by atoms with E-state index in [2.05, 4.69) is 10.1 Å². The van der Waals surface area contributed by atoms with Gasteiger partial charge in [0.25, 0.3) is 14.0 Å². The number of nitrogens with two attached hydrogens (primary N) is 1. The van der Waals surface area contributed by atoms with Gasteiger partial charge < -0.3 is 24.8 Å². The molecule has 1 aliphatic rings. The van der Waals surface area contributed by atoms with Gasteiger partial charge in [0, 0.05) is 6.20 Å². The molecular weight excluding hydrogens is 453 g/mol. The Morgan fingerprint density at radius 1 is 1.47 bits per heavy atom. The van der Waals surface area contributed by atoms with Crippen molar-refractivity contribution >= 4 is 20.0 Å². The number of ether oxygens (including phenoxy) is 2. The van der Waals surface area contributed by atoms with E-state index in [0.717, 1.165) is 45.2 Å². The third-order valence-electron chi connectivity index (χ3n) is 4.88. The van der Waals surface area contributed by atoms with E-state index < -0.39 is 57.9 Å². The summed E-state index contributed by atoms with van der Waals surface area (Å²) in [6, 6.07) is 1.18. The maximum atomic E-state index is 15.2. The van der Waals surface area contributed by atoms with Crippen molar-refractivity contribution in [1.82, 2.24) is 14.6 Å². The number of rotatable bonds is 12. The minimum Gasteiger partial charge on any atom is -0.461 e. The zero-order valence-corrected chi connectivity index (χ0v) is 18.7. The van der Waals surface area contributed by atoms with E-state index >= 15 is 4.39 Å². The standard InChI is InChI=1S/C18H29F2N4O7P/c1-12(25)18(20,31-15(9-19)24-8-7-14(21)23-17(24)27)11-29-32(28)22-10-16(26)30-13-5-3-2-4-6-13/h7-8,12-13,15,25,32H,2-6,9-11H2,1H3,(H,22,28)(H2,21,23,27)/t12-,15+,18+/m0/s1. The Labute approximate surface area is 184 Å². The van der Waals surface area contributed by atoms with Crippen LogP contribution in [0.25, 0.3) is 0 Å². The number of aromatic nitrogens is 2. The molecule has 4 N–H and O–H groups in total. The number of carbonyl (C=O) groups excluding carboxylic acids is 1. The molecule has 0 saturated heterocycles. The minimum absolute atomic E-state index is 0.124. The predicted octanol–water partition coefficient (Wildman–Crippen LogP) is 1.23. The molecule has 32 heavy (non-hydrogen) atoms. The van der Waals surface area contributed by atoms with Gasteiger partial charge in [0.2, 0.25) is 0 Å². The molecule has 14 heteroatoms. The summed E-state index contributed by atoms with van der Waals surface area (Å²) >= 11 is 0. The van der Waals surface area contributed by atoms with Crippen molar-refractivity contribution in [3.05, 3.63) is 22.7 Å². The van der Waals surface area contributed by atoms with E-state index in [-0.39, 0.29) is 11.9 Å². The summed E-state index contributed by atoms with van der Waals surface area (Å²) in [5.41, 5.74) is 4.37. The van der Waals surface area contributed by atoms with Gasteiger partial charge in [-0.3, -0.25) is 13.9 Å². The molecule has 0 bridgehead atoms. The highest BCUT2D eigenvalue weighted by atomic mass is 31.1. The van der Waals surface area contributed by atoms with E-state index in [9.17, 15) is 23.7 Å². The van der Waals surface area contributed by atoms with Crippen LogP contribution < -0.4 is 16.5 Å². The van der Waals surface area contributed by atoms with E-state index in [4.69, 9.17) is 19.7 Å². The lowest BCUT2D eigenvalue weighted by atomic mass is 9.98. The monoisotopic (exact) mass is 482 g/mol. The average Bonchev–Trinajstić information content (AvgIpc) is 2.75. The molecule has 11 nitrogen and oxygen atoms in total. The van der Waals surface area contributed by atoms with Crippen molar-refractivity contribution in [3.63, 3.8) is 0 Å². The number of esters is 1. The maximum absolute atomic E-state index is 15.2. The molecule has 2 rings (SSSR count). The fourth-order valence-corrected chi connectivity index (χ4v) is 3.78. The lowest BCUT2D eigenvalue weighted by Crippen LogP contribution is -2.46. The van der Waals surface area contributed by atoms with Crippen molar-refractivity contribution in [2.45, 2.75) is 63.3 Å². The normalized spacial score (nSPS) is 19.6. The van der Waals surface area contributed by atoms with Crippen molar-refractivity contribution in [3.8, 4) is 0 Å². The second-order valence-electron chi connectivity index (χ2n) is 7.41. The molecule has 182 valence electrons. The smallest absolute Gasteiger partial charge is 0.351 e. The van der Waals surface area contributed by atoms with Crippen LogP contribution in [0.5, 0.6) is 0 Å². The summed E-state index contributed by atoms with van der Waals surface area (Å²) in [5.74, 6) is -3.77. The second-order valence-corrected chi connectivity index (χ2v) is 8.63. The Morgan fingerprint density at radius 3 is 2.75 bits per heavy atom. The molecule has 1 saturated carbocycles. The number of nitrogens with zero attached hydrogens (tertiary/aromatic N) is 2. The molecule has 0 aliphatic heterocycles. The zero-order chi connectivity index (χ0) is 23.7. The molecular formula is C18H29F2N4O7P. The number of hydrogen-bond acceptors (Lipinski definition) is 9. The Bertz CT molecular complexity index is 838. The summed E-state index contributed by atoms with van der Waals surface area (Å²) < 4.78 is 56.3. The fraction of sp³-hybridized carbons (Fsp3) is 0.722. The number of aliphatic hydroxyl groups excluding tert-OH is 1. The van der Waals surface area contributed by atoms with Gasteiger partial charge in [0.15, 0.2) is 6.23 Å². The van der Waals surface area contributed by atoms with Crippen LogP contribution in [0.2, 0.25) is 0 Å². The van der Waals surface area contributed by atoms with Gasteiger partial charge in [-0.2, -0.15) is 4.98 Å². The molecule has 1 fully saturated rings. The van der Waals surface area contributed by atoms with Crippen LogP contribution in [-0.2, 0) is 23.4 Å². The van der Waals surface area contributed by atoms with Crippen LogP contribution in [0.4, 0.5) is 14.6 Å². The number of alkyl halides is 2. The highest BCUT2D eigenvalue weighted by Gasteiger charge is 2.41. The number of carbonyl (C=O) groups is 1. The molecule has 0 aromatic carbocycles. The third-order valence-corrected chi connectivity index (χ3v) is 5.75. The molecule has 1 aliphatic carbocycles. The molecule has 1 aromatic rings. The number of hydrogen-bond donors (Lipinski definition) is 3. The van der Waals surface area contributed by atoms with Crippen LogP contribution in [0.15, 0.2) is 17.1 Å². The lowest BCUT2D eigenvalue weighted by Gasteiger charge is -2.31. The summed E-state index contributed by atoms with van der Waals surface area (Å²) in [7, 11) is -3.13. The topological polar surface area (TPSA) is 155 Å². The Morgan fingerprint density at radius 2 is 2.16 bits per heavy atom. The van der Waals surface area contributed by atoms with Crippen LogP contribution in [0.3, 0.4) is 0 Å². The van der Waals surface area contributed by atoms with E-state index in [0.29, 0.717) is 4.57 Å². The zero-order valence-electron chi connectivity index (χ0n) is 17.7. The summed E-state index contributed by atoms with van der Waals surface area (Å²) in [6.45, 7) is -1.82. The van der Waals surface area contributed by atoms with Gasteiger partial charge in [-0.25, -0.2) is 18.7 Å². The number of anilines is 1. The third kappa shape index (κ3) is 7.89. The highest BCUT2D eigenvalue weighted by Crippen LogP contribution is 2.29. The van der Waals surface area contributed by atoms with Crippen LogP contribution in [0, 0.1) is 0 Å². The van der Waals surface area contributed by atoms with Crippen molar-refractivity contribution in [1.29, 1.82) is 0 Å². The van der Waals surface area contributed by atoms with E-state index in [1.165, 1.54) is 6.07 Å². The van der Waals surface area contributed by atoms with Gasteiger partial charge in [-0.05, 0) is 38.7 Å². The molecule has 0 amide bonds. The van der Waals surface area contributed by atoms with Gasteiger partial charge in [0.1, 0.15) is 37.9 Å². The number of aliphatic hydroxyl groups is 1. The Hall–Kier alpha value is -1.92. The van der Waals surface area contributed by atoms with Crippen molar-refractivity contribution in [2.24, 2.45) is 0 Å². The van der Waals surface area contributed by atoms with E-state index in [1.54, 1.807) is 0 Å². The Kier molecular flexibility index (Phi) is 10.2. The average molecular weight is 482 g/mol. The van der Waals surface area contributed by atoms with Gasteiger partial charge in [-0.15, -0.1) is 0 Å². The first-order valence-electron chi connectivity index (χ1n) is 10.2. The first-order chi connectivity index (χ1) is 15.1. The quantitative estimate of drug-likeness (QED) is 0.293. The fourth-order valence-electron chi connectivity index (χ4n) is 3.06.